The lowest BCUT2D eigenvalue weighted by molar-refractivity contribution is -0.0941. The highest BCUT2D eigenvalue weighted by molar-refractivity contribution is 5.53. The Morgan fingerprint density at radius 1 is 1.20 bits per heavy atom. The molecular weight excluding hydrogens is 258 g/mol. The molecule has 1 saturated heterocycles. The molecular formula is C14H17N3O3. The van der Waals surface area contributed by atoms with Gasteiger partial charge in [0, 0.05) is 5.56 Å². The summed E-state index contributed by atoms with van der Waals surface area (Å²) in [6, 6.07) is 7.96. The molecule has 6 heteroatoms. The van der Waals surface area contributed by atoms with Crippen molar-refractivity contribution in [3.05, 3.63) is 35.7 Å². The van der Waals surface area contributed by atoms with Crippen molar-refractivity contribution in [3.8, 4) is 11.5 Å². The Kier molecular flexibility index (Phi) is 4.05. The van der Waals surface area contributed by atoms with Crippen LogP contribution in [0.15, 0.2) is 28.8 Å². The summed E-state index contributed by atoms with van der Waals surface area (Å²) in [5, 5.41) is 3.96. The molecule has 1 aliphatic heterocycles. The fourth-order valence-electron chi connectivity index (χ4n) is 2.10. The maximum absolute atomic E-state index is 5.54. The molecule has 0 radical (unpaired) electrons. The molecule has 106 valence electrons. The summed E-state index contributed by atoms with van der Waals surface area (Å²) in [4.78, 5) is 4.37. The van der Waals surface area contributed by atoms with E-state index in [4.69, 9.17) is 19.7 Å². The molecule has 0 saturated carbocycles. The predicted octanol–water partition coefficient (Wildman–Crippen LogP) is 1.33. The summed E-state index contributed by atoms with van der Waals surface area (Å²) < 4.78 is 16.2. The van der Waals surface area contributed by atoms with Crippen molar-refractivity contribution in [2.24, 2.45) is 5.73 Å². The van der Waals surface area contributed by atoms with E-state index in [1.165, 1.54) is 5.56 Å². The van der Waals surface area contributed by atoms with Crippen molar-refractivity contribution in [3.63, 3.8) is 0 Å². The molecule has 0 spiro atoms. The molecule has 0 amide bonds. The molecule has 1 fully saturated rings. The van der Waals surface area contributed by atoms with Crippen LogP contribution in [0.4, 0.5) is 0 Å². The normalized spacial score (nSPS) is 19.1. The minimum Gasteiger partial charge on any atom is -0.376 e. The van der Waals surface area contributed by atoms with E-state index in [0.29, 0.717) is 38.1 Å². The predicted molar refractivity (Wildman–Crippen MR) is 72.0 cm³/mol. The number of rotatable bonds is 4. The van der Waals surface area contributed by atoms with Crippen LogP contribution in [0.3, 0.4) is 0 Å². The van der Waals surface area contributed by atoms with Gasteiger partial charge in [-0.15, -0.1) is 0 Å². The summed E-state index contributed by atoms with van der Waals surface area (Å²) in [5.41, 5.74) is 7.61. The summed E-state index contributed by atoms with van der Waals surface area (Å²) >= 11 is 0. The lowest BCUT2D eigenvalue weighted by atomic mass is 10.1. The van der Waals surface area contributed by atoms with Crippen LogP contribution in [0.1, 0.15) is 17.5 Å². The minimum absolute atomic E-state index is 0.238. The molecule has 2 heterocycles. The quantitative estimate of drug-likeness (QED) is 0.906. The number of hydrogen-bond acceptors (Lipinski definition) is 6. The first-order valence-electron chi connectivity index (χ1n) is 6.69. The zero-order valence-corrected chi connectivity index (χ0v) is 11.1. The minimum atomic E-state index is -0.238. The van der Waals surface area contributed by atoms with Gasteiger partial charge in [0.1, 0.15) is 6.10 Å². The first kappa shape index (κ1) is 13.2. The highest BCUT2D eigenvalue weighted by Crippen LogP contribution is 2.23. The maximum atomic E-state index is 5.54. The van der Waals surface area contributed by atoms with E-state index in [0.717, 1.165) is 12.0 Å². The van der Waals surface area contributed by atoms with E-state index >= 15 is 0 Å². The van der Waals surface area contributed by atoms with E-state index < -0.39 is 0 Å². The van der Waals surface area contributed by atoms with Gasteiger partial charge in [0.15, 0.2) is 0 Å². The standard InChI is InChI=1S/C14H17N3O3/c15-6-5-10-1-3-11(4-2-10)14-16-13(17-20-14)12-9-18-7-8-19-12/h1-4,12H,5-9,15H2. The first-order valence-corrected chi connectivity index (χ1v) is 6.69. The Balaban J connectivity index is 1.75. The second kappa shape index (κ2) is 6.13. The molecule has 0 aliphatic carbocycles. The Labute approximate surface area is 116 Å². The molecule has 6 nitrogen and oxygen atoms in total. The van der Waals surface area contributed by atoms with Crippen molar-refractivity contribution < 1.29 is 14.0 Å². The highest BCUT2D eigenvalue weighted by atomic mass is 16.6. The van der Waals surface area contributed by atoms with Gasteiger partial charge >= 0.3 is 0 Å². The zero-order chi connectivity index (χ0) is 13.8. The molecule has 2 N–H and O–H groups in total. The molecule has 1 aliphatic rings. The lowest BCUT2D eigenvalue weighted by Gasteiger charge is -2.19. The molecule has 3 rings (SSSR count). The summed E-state index contributed by atoms with van der Waals surface area (Å²) in [6.45, 7) is 2.28. The third-order valence-corrected chi connectivity index (χ3v) is 3.18. The summed E-state index contributed by atoms with van der Waals surface area (Å²) in [5.74, 6) is 1.03. The van der Waals surface area contributed by atoms with Crippen molar-refractivity contribution in [1.82, 2.24) is 10.1 Å². The number of nitrogens with two attached hydrogens (primary N) is 1. The number of hydrogen-bond donors (Lipinski definition) is 1. The van der Waals surface area contributed by atoms with E-state index in [1.54, 1.807) is 0 Å². The van der Waals surface area contributed by atoms with Gasteiger partial charge < -0.3 is 19.7 Å². The van der Waals surface area contributed by atoms with Crippen molar-refractivity contribution in [2.75, 3.05) is 26.4 Å². The second-order valence-corrected chi connectivity index (χ2v) is 4.63. The first-order chi connectivity index (χ1) is 9.86. The molecule has 2 aromatic rings. The third-order valence-electron chi connectivity index (χ3n) is 3.18. The van der Waals surface area contributed by atoms with Crippen molar-refractivity contribution >= 4 is 0 Å². The Morgan fingerprint density at radius 2 is 2.05 bits per heavy atom. The molecule has 20 heavy (non-hydrogen) atoms. The van der Waals surface area contributed by atoms with Gasteiger partial charge in [-0.3, -0.25) is 0 Å². The Morgan fingerprint density at radius 3 is 2.75 bits per heavy atom. The van der Waals surface area contributed by atoms with Gasteiger partial charge in [0.2, 0.25) is 5.82 Å². The van der Waals surface area contributed by atoms with Gasteiger partial charge in [-0.2, -0.15) is 4.98 Å². The molecule has 0 bridgehead atoms. The molecule has 1 aromatic carbocycles. The van der Waals surface area contributed by atoms with E-state index in [-0.39, 0.29) is 6.10 Å². The number of aromatic nitrogens is 2. The van der Waals surface area contributed by atoms with Crippen LogP contribution >= 0.6 is 0 Å². The van der Waals surface area contributed by atoms with Crippen molar-refractivity contribution in [1.29, 1.82) is 0 Å². The van der Waals surface area contributed by atoms with Crippen LogP contribution in [0.5, 0.6) is 0 Å². The number of nitrogens with zero attached hydrogens (tertiary/aromatic N) is 2. The van der Waals surface area contributed by atoms with Gasteiger partial charge in [-0.25, -0.2) is 0 Å². The van der Waals surface area contributed by atoms with Crippen LogP contribution in [-0.4, -0.2) is 36.5 Å². The molecule has 1 aromatic heterocycles. The maximum Gasteiger partial charge on any atom is 0.258 e. The van der Waals surface area contributed by atoms with Crippen LogP contribution in [0.2, 0.25) is 0 Å². The van der Waals surface area contributed by atoms with Gasteiger partial charge in [0.05, 0.1) is 19.8 Å². The van der Waals surface area contributed by atoms with Crippen LogP contribution < -0.4 is 5.73 Å². The van der Waals surface area contributed by atoms with E-state index in [9.17, 15) is 0 Å². The second-order valence-electron chi connectivity index (χ2n) is 4.63. The Bertz CT molecular complexity index is 547. The summed E-state index contributed by atoms with van der Waals surface area (Å²) in [6.07, 6.45) is 0.626. The largest absolute Gasteiger partial charge is 0.376 e. The third kappa shape index (κ3) is 2.87. The number of ether oxygens (including phenoxy) is 2. The number of benzene rings is 1. The molecule has 1 atom stereocenters. The van der Waals surface area contributed by atoms with Crippen LogP contribution in [0.25, 0.3) is 11.5 Å². The summed E-state index contributed by atoms with van der Waals surface area (Å²) in [7, 11) is 0. The monoisotopic (exact) mass is 275 g/mol. The smallest absolute Gasteiger partial charge is 0.258 e. The zero-order valence-electron chi connectivity index (χ0n) is 11.1. The average molecular weight is 275 g/mol. The van der Waals surface area contributed by atoms with Gasteiger partial charge in [-0.1, -0.05) is 17.3 Å². The van der Waals surface area contributed by atoms with Gasteiger partial charge in [-0.05, 0) is 30.7 Å². The topological polar surface area (TPSA) is 83.4 Å². The fraction of sp³-hybridized carbons (Fsp3) is 0.429. The van der Waals surface area contributed by atoms with E-state index in [2.05, 4.69) is 10.1 Å². The van der Waals surface area contributed by atoms with Crippen LogP contribution in [0, 0.1) is 0 Å². The highest BCUT2D eigenvalue weighted by Gasteiger charge is 2.22. The average Bonchev–Trinajstić information content (AvgIpc) is 2.99. The van der Waals surface area contributed by atoms with Crippen molar-refractivity contribution in [2.45, 2.75) is 12.5 Å². The lowest BCUT2D eigenvalue weighted by Crippen LogP contribution is -2.22. The van der Waals surface area contributed by atoms with Gasteiger partial charge in [0.25, 0.3) is 5.89 Å². The van der Waals surface area contributed by atoms with Crippen LogP contribution in [-0.2, 0) is 15.9 Å². The van der Waals surface area contributed by atoms with E-state index in [1.807, 2.05) is 24.3 Å². The SMILES string of the molecule is NCCc1ccc(-c2nc(C3COCCO3)no2)cc1. The Hall–Kier alpha value is -1.76. The fourth-order valence-corrected chi connectivity index (χ4v) is 2.10. The molecule has 1 unspecified atom stereocenters.